The first-order chi connectivity index (χ1) is 15.4. The van der Waals surface area contributed by atoms with Crippen molar-refractivity contribution in [2.75, 3.05) is 19.6 Å². The summed E-state index contributed by atoms with van der Waals surface area (Å²) in [6.07, 6.45) is 2.60. The number of hydrogen-bond donors (Lipinski definition) is 2. The van der Waals surface area contributed by atoms with Gasteiger partial charge in [0, 0.05) is 24.9 Å². The molecule has 2 saturated heterocycles. The molecule has 2 aromatic rings. The van der Waals surface area contributed by atoms with E-state index in [0.29, 0.717) is 32.5 Å². The Balaban J connectivity index is 1.32. The van der Waals surface area contributed by atoms with E-state index in [0.717, 1.165) is 5.56 Å². The molecule has 0 aliphatic carbocycles. The normalized spacial score (nSPS) is 22.9. The Morgan fingerprint density at radius 3 is 2.69 bits per heavy atom. The second kappa shape index (κ2) is 9.51. The van der Waals surface area contributed by atoms with Crippen LogP contribution in [0.25, 0.3) is 0 Å². The SMILES string of the molecule is C=CC(=O)NC1CC2CN(S(=O)(=O)c3ccc(C(=O)NCCc4ccccc4)o3)CC2S1. The van der Waals surface area contributed by atoms with E-state index in [1.165, 1.54) is 22.5 Å². The van der Waals surface area contributed by atoms with Crippen LogP contribution in [0.4, 0.5) is 0 Å². The zero-order valence-electron chi connectivity index (χ0n) is 17.4. The molecule has 3 unspecified atom stereocenters. The van der Waals surface area contributed by atoms with Gasteiger partial charge in [-0.05, 0) is 42.5 Å². The predicted octanol–water partition coefficient (Wildman–Crippen LogP) is 2.01. The highest BCUT2D eigenvalue weighted by Crippen LogP contribution is 2.43. The van der Waals surface area contributed by atoms with Crippen LogP contribution in [-0.4, -0.2) is 54.8 Å². The molecule has 3 atom stereocenters. The van der Waals surface area contributed by atoms with Crippen molar-refractivity contribution < 1.29 is 22.4 Å². The Morgan fingerprint density at radius 1 is 1.19 bits per heavy atom. The quantitative estimate of drug-likeness (QED) is 0.566. The maximum absolute atomic E-state index is 13.0. The Morgan fingerprint density at radius 2 is 1.97 bits per heavy atom. The fraction of sp³-hybridized carbons (Fsp3) is 0.364. The first kappa shape index (κ1) is 22.6. The lowest BCUT2D eigenvalue weighted by molar-refractivity contribution is -0.116. The molecule has 0 radical (unpaired) electrons. The molecule has 0 bridgehead atoms. The van der Waals surface area contributed by atoms with Gasteiger partial charge in [-0.1, -0.05) is 36.9 Å². The third-order valence-electron chi connectivity index (χ3n) is 5.63. The van der Waals surface area contributed by atoms with Gasteiger partial charge in [-0.25, -0.2) is 8.42 Å². The van der Waals surface area contributed by atoms with Gasteiger partial charge >= 0.3 is 0 Å². The molecule has 2 fully saturated rings. The van der Waals surface area contributed by atoms with Crippen LogP contribution in [-0.2, 0) is 21.2 Å². The summed E-state index contributed by atoms with van der Waals surface area (Å²) in [5.41, 5.74) is 1.10. The standard InChI is InChI=1S/C22H25N3O5S2/c1-2-19(26)24-20-12-16-13-25(14-18(16)31-20)32(28,29)21-9-8-17(30-21)22(27)23-11-10-15-6-4-3-5-7-15/h2-9,16,18,20H,1,10-14H2,(H,23,27)(H,24,26). The Kier molecular flexibility index (Phi) is 6.73. The smallest absolute Gasteiger partial charge is 0.287 e. The third kappa shape index (κ3) is 4.92. The summed E-state index contributed by atoms with van der Waals surface area (Å²) >= 11 is 1.58. The van der Waals surface area contributed by atoms with Gasteiger partial charge in [-0.3, -0.25) is 9.59 Å². The average Bonchev–Trinajstić information content (AvgIpc) is 3.50. The van der Waals surface area contributed by atoms with Gasteiger partial charge in [-0.15, -0.1) is 11.8 Å². The molecule has 1 aromatic heterocycles. The molecular formula is C22H25N3O5S2. The zero-order valence-corrected chi connectivity index (χ0v) is 19.0. The first-order valence-electron chi connectivity index (χ1n) is 10.4. The number of sulfonamides is 1. The van der Waals surface area contributed by atoms with Crippen molar-refractivity contribution in [1.82, 2.24) is 14.9 Å². The van der Waals surface area contributed by atoms with E-state index in [2.05, 4.69) is 17.2 Å². The van der Waals surface area contributed by atoms with E-state index >= 15 is 0 Å². The molecule has 10 heteroatoms. The van der Waals surface area contributed by atoms with E-state index in [1.54, 1.807) is 11.8 Å². The van der Waals surface area contributed by atoms with Gasteiger partial charge in [-0.2, -0.15) is 4.31 Å². The van der Waals surface area contributed by atoms with Crippen LogP contribution in [0.2, 0.25) is 0 Å². The number of benzene rings is 1. The van der Waals surface area contributed by atoms with Crippen molar-refractivity contribution in [2.24, 2.45) is 5.92 Å². The molecule has 2 aliphatic heterocycles. The summed E-state index contributed by atoms with van der Waals surface area (Å²) in [4.78, 5) is 23.8. The maximum Gasteiger partial charge on any atom is 0.287 e. The average molecular weight is 476 g/mol. The summed E-state index contributed by atoms with van der Waals surface area (Å²) < 4.78 is 32.8. The van der Waals surface area contributed by atoms with Gasteiger partial charge in [0.2, 0.25) is 11.0 Å². The molecule has 3 heterocycles. The van der Waals surface area contributed by atoms with Gasteiger partial charge in [0.1, 0.15) is 0 Å². The topological polar surface area (TPSA) is 109 Å². The van der Waals surface area contributed by atoms with Crippen molar-refractivity contribution in [3.05, 3.63) is 66.4 Å². The number of fused-ring (bicyclic) bond motifs is 1. The van der Waals surface area contributed by atoms with Crippen LogP contribution in [0.5, 0.6) is 0 Å². The number of carbonyl (C=O) groups excluding carboxylic acids is 2. The number of nitrogens with zero attached hydrogens (tertiary/aromatic N) is 1. The van der Waals surface area contributed by atoms with Crippen LogP contribution in [0.1, 0.15) is 22.5 Å². The molecule has 170 valence electrons. The summed E-state index contributed by atoms with van der Waals surface area (Å²) in [6, 6.07) is 12.5. The fourth-order valence-corrected chi connectivity index (χ4v) is 7.17. The van der Waals surface area contributed by atoms with Crippen LogP contribution in [0.3, 0.4) is 0 Å². The Hall–Kier alpha value is -2.56. The van der Waals surface area contributed by atoms with Crippen LogP contribution < -0.4 is 10.6 Å². The number of hydrogen-bond acceptors (Lipinski definition) is 6. The highest BCUT2D eigenvalue weighted by molar-refractivity contribution is 8.00. The summed E-state index contributed by atoms with van der Waals surface area (Å²) in [5, 5.41) is 5.46. The molecule has 0 spiro atoms. The largest absolute Gasteiger partial charge is 0.438 e. The van der Waals surface area contributed by atoms with Gasteiger partial charge in [0.05, 0.1) is 5.37 Å². The molecule has 2 N–H and O–H groups in total. The molecule has 8 nitrogen and oxygen atoms in total. The number of furan rings is 1. The second-order valence-corrected chi connectivity index (χ2v) is 11.1. The number of carbonyl (C=O) groups is 2. The van der Waals surface area contributed by atoms with E-state index in [-0.39, 0.29) is 33.3 Å². The van der Waals surface area contributed by atoms with Crippen molar-refractivity contribution in [1.29, 1.82) is 0 Å². The minimum absolute atomic E-state index is 0.0300. The maximum atomic E-state index is 13.0. The van der Waals surface area contributed by atoms with Crippen molar-refractivity contribution in [3.8, 4) is 0 Å². The predicted molar refractivity (Wildman–Crippen MR) is 122 cm³/mol. The van der Waals surface area contributed by atoms with Gasteiger partial charge in [0.25, 0.3) is 15.9 Å². The lowest BCUT2D eigenvalue weighted by Gasteiger charge is -2.18. The van der Waals surface area contributed by atoms with E-state index in [4.69, 9.17) is 4.42 Å². The Bertz CT molecular complexity index is 1090. The molecular weight excluding hydrogens is 450 g/mol. The summed E-state index contributed by atoms with van der Waals surface area (Å²) in [7, 11) is -3.83. The van der Waals surface area contributed by atoms with Crippen molar-refractivity contribution >= 4 is 33.6 Å². The number of nitrogens with one attached hydrogen (secondary N) is 2. The second-order valence-electron chi connectivity index (χ2n) is 7.80. The fourth-order valence-electron chi connectivity index (χ4n) is 3.99. The van der Waals surface area contributed by atoms with Crippen molar-refractivity contribution in [2.45, 2.75) is 28.6 Å². The monoisotopic (exact) mass is 475 g/mol. The van der Waals surface area contributed by atoms with Crippen LogP contribution in [0.15, 0.2) is 64.6 Å². The molecule has 2 amide bonds. The number of rotatable bonds is 8. The molecule has 1 aromatic carbocycles. The molecule has 2 aliphatic rings. The highest BCUT2D eigenvalue weighted by atomic mass is 32.2. The Labute approximate surface area is 191 Å². The van der Waals surface area contributed by atoms with Gasteiger partial charge in [0.15, 0.2) is 5.76 Å². The third-order valence-corrected chi connectivity index (χ3v) is 8.86. The number of thioether (sulfide) groups is 1. The number of amides is 2. The molecule has 32 heavy (non-hydrogen) atoms. The zero-order chi connectivity index (χ0) is 22.7. The summed E-state index contributed by atoms with van der Waals surface area (Å²) in [5.74, 6) is -0.549. The molecule has 4 rings (SSSR count). The van der Waals surface area contributed by atoms with E-state index in [1.807, 2.05) is 30.3 Å². The van der Waals surface area contributed by atoms with E-state index < -0.39 is 15.9 Å². The van der Waals surface area contributed by atoms with Crippen molar-refractivity contribution in [3.63, 3.8) is 0 Å². The van der Waals surface area contributed by atoms with Gasteiger partial charge < -0.3 is 15.1 Å². The first-order valence-corrected chi connectivity index (χ1v) is 12.8. The highest BCUT2D eigenvalue weighted by Gasteiger charge is 2.46. The lowest BCUT2D eigenvalue weighted by atomic mass is 10.1. The minimum Gasteiger partial charge on any atom is -0.438 e. The minimum atomic E-state index is -3.83. The van der Waals surface area contributed by atoms with Crippen LogP contribution >= 0.6 is 11.8 Å². The lowest BCUT2D eigenvalue weighted by Crippen LogP contribution is -2.33. The van der Waals surface area contributed by atoms with Crippen LogP contribution in [0, 0.1) is 5.92 Å². The van der Waals surface area contributed by atoms with E-state index in [9.17, 15) is 18.0 Å². The molecule has 0 saturated carbocycles. The summed E-state index contributed by atoms with van der Waals surface area (Å²) in [6.45, 7) is 4.57.